The van der Waals surface area contributed by atoms with Gasteiger partial charge in [-0.15, -0.1) is 0 Å². The Balaban J connectivity index is 2.59. The molecule has 1 heterocycles. The third-order valence-electron chi connectivity index (χ3n) is 2.75. The van der Waals surface area contributed by atoms with E-state index in [1.165, 1.54) is 0 Å². The topological polar surface area (TPSA) is 43.8 Å². The Bertz CT molecular complexity index is 543. The highest BCUT2D eigenvalue weighted by Gasteiger charge is 2.10. The van der Waals surface area contributed by atoms with Crippen LogP contribution in [0.1, 0.15) is 17.0 Å². The van der Waals surface area contributed by atoms with Crippen molar-refractivity contribution in [3.63, 3.8) is 0 Å². The second-order valence-corrected chi connectivity index (χ2v) is 4.34. The van der Waals surface area contributed by atoms with E-state index in [0.717, 1.165) is 33.3 Å². The first-order chi connectivity index (χ1) is 7.50. The Labute approximate surface area is 99.8 Å². The molecule has 0 amide bonds. The zero-order valence-electron chi connectivity index (χ0n) is 9.58. The maximum atomic E-state index is 6.09. The van der Waals surface area contributed by atoms with Gasteiger partial charge in [-0.05, 0) is 38.5 Å². The van der Waals surface area contributed by atoms with Crippen LogP contribution in [-0.4, -0.2) is 9.78 Å². The van der Waals surface area contributed by atoms with Gasteiger partial charge in [0.05, 0.1) is 22.8 Å². The quantitative estimate of drug-likeness (QED) is 0.826. The first-order valence-electron chi connectivity index (χ1n) is 5.09. The van der Waals surface area contributed by atoms with Gasteiger partial charge in [0, 0.05) is 5.02 Å². The number of hydrogen-bond acceptors (Lipinski definition) is 2. The minimum atomic E-state index is 0.733. The van der Waals surface area contributed by atoms with E-state index in [9.17, 15) is 0 Å². The van der Waals surface area contributed by atoms with Gasteiger partial charge < -0.3 is 5.73 Å². The molecule has 1 aromatic carbocycles. The average molecular weight is 236 g/mol. The van der Waals surface area contributed by atoms with Crippen LogP contribution in [0.25, 0.3) is 5.69 Å². The van der Waals surface area contributed by atoms with Crippen molar-refractivity contribution in [1.82, 2.24) is 9.78 Å². The minimum absolute atomic E-state index is 0.733. The molecule has 0 radical (unpaired) electrons. The Morgan fingerprint density at radius 1 is 1.25 bits per heavy atom. The van der Waals surface area contributed by atoms with Gasteiger partial charge in [0.15, 0.2) is 0 Å². The van der Waals surface area contributed by atoms with Crippen LogP contribution >= 0.6 is 11.6 Å². The Hall–Kier alpha value is -1.48. The Kier molecular flexibility index (Phi) is 2.64. The molecule has 0 spiro atoms. The SMILES string of the molecule is Cc1ccc(-n2nc(C)c(N)c2C)cc1Cl. The summed E-state index contributed by atoms with van der Waals surface area (Å²) in [6.07, 6.45) is 0. The Morgan fingerprint density at radius 2 is 1.94 bits per heavy atom. The summed E-state index contributed by atoms with van der Waals surface area (Å²) < 4.78 is 1.82. The van der Waals surface area contributed by atoms with E-state index in [1.54, 1.807) is 0 Å². The number of aryl methyl sites for hydroxylation is 2. The molecule has 0 unspecified atom stereocenters. The van der Waals surface area contributed by atoms with E-state index >= 15 is 0 Å². The largest absolute Gasteiger partial charge is 0.396 e. The lowest BCUT2D eigenvalue weighted by molar-refractivity contribution is 0.833. The summed E-state index contributed by atoms with van der Waals surface area (Å²) >= 11 is 6.09. The molecular weight excluding hydrogens is 222 g/mol. The molecule has 84 valence electrons. The lowest BCUT2D eigenvalue weighted by Crippen LogP contribution is -1.99. The molecule has 4 heteroatoms. The van der Waals surface area contributed by atoms with Crippen LogP contribution in [0.3, 0.4) is 0 Å². The summed E-state index contributed by atoms with van der Waals surface area (Å²) in [4.78, 5) is 0. The van der Waals surface area contributed by atoms with Crippen LogP contribution in [0.5, 0.6) is 0 Å². The number of nitrogen functional groups attached to an aromatic ring is 1. The lowest BCUT2D eigenvalue weighted by atomic mass is 10.2. The van der Waals surface area contributed by atoms with Gasteiger partial charge in [0.25, 0.3) is 0 Å². The fourth-order valence-electron chi connectivity index (χ4n) is 1.62. The van der Waals surface area contributed by atoms with Gasteiger partial charge >= 0.3 is 0 Å². The number of benzene rings is 1. The van der Waals surface area contributed by atoms with Crippen molar-refractivity contribution >= 4 is 17.3 Å². The van der Waals surface area contributed by atoms with E-state index in [0.29, 0.717) is 0 Å². The van der Waals surface area contributed by atoms with Crippen LogP contribution in [0, 0.1) is 20.8 Å². The standard InChI is InChI=1S/C12H14ClN3/c1-7-4-5-10(6-11(7)13)16-9(3)12(14)8(2)15-16/h4-6H,14H2,1-3H3. The van der Waals surface area contributed by atoms with Crippen molar-refractivity contribution in [2.75, 3.05) is 5.73 Å². The van der Waals surface area contributed by atoms with Crippen LogP contribution < -0.4 is 5.73 Å². The molecule has 0 aliphatic carbocycles. The fraction of sp³-hybridized carbons (Fsp3) is 0.250. The summed E-state index contributed by atoms with van der Waals surface area (Å²) in [6.45, 7) is 5.82. The molecule has 2 aromatic rings. The van der Waals surface area contributed by atoms with Crippen LogP contribution in [0.2, 0.25) is 5.02 Å². The highest BCUT2D eigenvalue weighted by Crippen LogP contribution is 2.23. The molecule has 16 heavy (non-hydrogen) atoms. The zero-order valence-corrected chi connectivity index (χ0v) is 10.3. The molecule has 0 bridgehead atoms. The normalized spacial score (nSPS) is 10.8. The van der Waals surface area contributed by atoms with E-state index in [2.05, 4.69) is 5.10 Å². The molecule has 0 saturated carbocycles. The summed E-state index contributed by atoms with van der Waals surface area (Å²) in [5.41, 5.74) is 10.4. The number of hydrogen-bond donors (Lipinski definition) is 1. The monoisotopic (exact) mass is 235 g/mol. The van der Waals surface area contributed by atoms with Gasteiger partial charge in [-0.3, -0.25) is 0 Å². The van der Waals surface area contributed by atoms with E-state index in [4.69, 9.17) is 17.3 Å². The predicted octanol–water partition coefficient (Wildman–Crippen LogP) is 3.03. The highest BCUT2D eigenvalue weighted by molar-refractivity contribution is 6.31. The first-order valence-corrected chi connectivity index (χ1v) is 5.46. The van der Waals surface area contributed by atoms with Crippen molar-refractivity contribution < 1.29 is 0 Å². The first kappa shape index (κ1) is 11.0. The summed E-state index contributed by atoms with van der Waals surface area (Å²) in [6, 6.07) is 5.86. The maximum Gasteiger partial charge on any atom is 0.0830 e. The van der Waals surface area contributed by atoms with Gasteiger partial charge in [-0.1, -0.05) is 17.7 Å². The van der Waals surface area contributed by atoms with Crippen LogP contribution in [0.15, 0.2) is 18.2 Å². The second kappa shape index (κ2) is 3.83. The molecule has 0 fully saturated rings. The van der Waals surface area contributed by atoms with Crippen molar-refractivity contribution in [2.45, 2.75) is 20.8 Å². The van der Waals surface area contributed by atoms with Crippen molar-refractivity contribution in [3.8, 4) is 5.69 Å². The molecule has 2 N–H and O–H groups in total. The number of rotatable bonds is 1. The van der Waals surface area contributed by atoms with Crippen LogP contribution in [-0.2, 0) is 0 Å². The van der Waals surface area contributed by atoms with Crippen molar-refractivity contribution in [3.05, 3.63) is 40.2 Å². The summed E-state index contributed by atoms with van der Waals surface area (Å²) in [7, 11) is 0. The minimum Gasteiger partial charge on any atom is -0.396 e. The number of anilines is 1. The third-order valence-corrected chi connectivity index (χ3v) is 3.15. The molecule has 2 rings (SSSR count). The molecule has 0 aliphatic heterocycles. The van der Waals surface area contributed by atoms with Crippen molar-refractivity contribution in [1.29, 1.82) is 0 Å². The van der Waals surface area contributed by atoms with Crippen LogP contribution in [0.4, 0.5) is 5.69 Å². The fourth-order valence-corrected chi connectivity index (χ4v) is 1.79. The zero-order chi connectivity index (χ0) is 11.9. The maximum absolute atomic E-state index is 6.09. The highest BCUT2D eigenvalue weighted by atomic mass is 35.5. The van der Waals surface area contributed by atoms with E-state index in [-0.39, 0.29) is 0 Å². The van der Waals surface area contributed by atoms with E-state index < -0.39 is 0 Å². The number of halogens is 1. The summed E-state index contributed by atoms with van der Waals surface area (Å²) in [5, 5.41) is 5.12. The molecule has 0 aliphatic rings. The molecular formula is C12H14ClN3. The predicted molar refractivity (Wildman–Crippen MR) is 67.2 cm³/mol. The van der Waals surface area contributed by atoms with E-state index in [1.807, 2.05) is 43.7 Å². The van der Waals surface area contributed by atoms with Crippen molar-refractivity contribution in [2.24, 2.45) is 0 Å². The summed E-state index contributed by atoms with van der Waals surface area (Å²) in [5.74, 6) is 0. The third kappa shape index (κ3) is 1.67. The Morgan fingerprint density at radius 3 is 2.44 bits per heavy atom. The smallest absolute Gasteiger partial charge is 0.0830 e. The molecule has 0 atom stereocenters. The number of nitrogens with zero attached hydrogens (tertiary/aromatic N) is 2. The molecule has 1 aromatic heterocycles. The van der Waals surface area contributed by atoms with Gasteiger partial charge in [-0.2, -0.15) is 5.10 Å². The number of aromatic nitrogens is 2. The second-order valence-electron chi connectivity index (χ2n) is 3.93. The molecule has 3 nitrogen and oxygen atoms in total. The van der Waals surface area contributed by atoms with Gasteiger partial charge in [0.1, 0.15) is 0 Å². The lowest BCUT2D eigenvalue weighted by Gasteiger charge is -2.06. The molecule has 0 saturated heterocycles. The number of nitrogens with two attached hydrogens (primary N) is 1. The van der Waals surface area contributed by atoms with Gasteiger partial charge in [0.2, 0.25) is 0 Å². The van der Waals surface area contributed by atoms with Gasteiger partial charge in [-0.25, -0.2) is 4.68 Å². The average Bonchev–Trinajstić information content (AvgIpc) is 2.50.